The molecule has 0 radical (unpaired) electrons. The number of ether oxygens (including phenoxy) is 6. The molecule has 0 amide bonds. The summed E-state index contributed by atoms with van der Waals surface area (Å²) in [6.07, 6.45) is -1.72. The number of carbonyl (C=O) groups is 1. The largest absolute Gasteiger partial charge is 0.480 e. The Labute approximate surface area is 270 Å². The molecule has 1 fully saturated rings. The van der Waals surface area contributed by atoms with Crippen molar-refractivity contribution in [3.05, 3.63) is 156 Å². The fraction of sp³-hybridized carbons (Fsp3) is 0.289. The van der Waals surface area contributed by atoms with Gasteiger partial charge in [0.2, 0.25) is 5.79 Å². The van der Waals surface area contributed by atoms with Crippen LogP contribution in [0.15, 0.2) is 134 Å². The van der Waals surface area contributed by atoms with Crippen molar-refractivity contribution in [1.82, 2.24) is 0 Å². The van der Waals surface area contributed by atoms with E-state index in [0.29, 0.717) is 6.61 Å². The van der Waals surface area contributed by atoms with Gasteiger partial charge in [-0.3, -0.25) is 0 Å². The molecule has 1 aliphatic rings. The average Bonchev–Trinajstić information content (AvgIpc) is 3.10. The maximum Gasteiger partial charge on any atom is 0.329 e. The molecule has 0 aromatic heterocycles. The summed E-state index contributed by atoms with van der Waals surface area (Å²) in [4.78, 5) is 11.8. The maximum absolute atomic E-state index is 11.8. The van der Waals surface area contributed by atoms with Crippen molar-refractivity contribution in [2.24, 2.45) is 0 Å². The lowest BCUT2D eigenvalue weighted by Crippen LogP contribution is -2.67. The SMILES string of the molecule is C=C[C@]1(OCC(=O)O)O[C@H](COCc2ccccc2)[C@H](OCc2ccccc2)[C@H](OCc2ccccc2)[C@H]1OCc1ccccc1. The standard InChI is InChI=1S/C38H40O8/c1-2-38(45-28-34(39)40)37(44-26-32-21-13-6-14-22-32)36(43-25-31-19-11-5-12-20-31)35(42-24-30-17-9-4-10-18-30)33(46-38)27-41-23-29-15-7-3-8-16-29/h2-22,33,35-37H,1,23-28H2,(H,39,40)/t33-,35+,36+,37-,38+/m1/s1. The maximum atomic E-state index is 11.8. The van der Waals surface area contributed by atoms with Crippen molar-refractivity contribution >= 4 is 5.97 Å². The Bertz CT molecular complexity index is 1470. The van der Waals surface area contributed by atoms with Crippen LogP contribution in [0.3, 0.4) is 0 Å². The fourth-order valence-electron chi connectivity index (χ4n) is 5.38. The van der Waals surface area contributed by atoms with E-state index in [1.165, 1.54) is 6.08 Å². The molecule has 0 aliphatic carbocycles. The lowest BCUT2D eigenvalue weighted by atomic mass is 9.91. The van der Waals surface area contributed by atoms with Crippen LogP contribution in [0.25, 0.3) is 0 Å². The van der Waals surface area contributed by atoms with Crippen LogP contribution in [-0.2, 0) is 59.6 Å². The molecule has 1 saturated heterocycles. The molecule has 1 aliphatic heterocycles. The first kappa shape index (κ1) is 33.2. The summed E-state index contributed by atoms with van der Waals surface area (Å²) in [6, 6.07) is 39.1. The third-order valence-corrected chi connectivity index (χ3v) is 7.66. The summed E-state index contributed by atoms with van der Waals surface area (Å²) >= 11 is 0. The normalized spacial score (nSPS) is 22.7. The van der Waals surface area contributed by atoms with Crippen molar-refractivity contribution in [2.45, 2.75) is 56.6 Å². The van der Waals surface area contributed by atoms with Crippen LogP contribution < -0.4 is 0 Å². The Balaban J connectivity index is 1.50. The smallest absolute Gasteiger partial charge is 0.329 e. The Morgan fingerprint density at radius 1 is 0.674 bits per heavy atom. The zero-order chi connectivity index (χ0) is 32.0. The summed E-state index contributed by atoms with van der Waals surface area (Å²) in [5.74, 6) is -2.85. The third kappa shape index (κ3) is 9.20. The molecule has 240 valence electrons. The molecular formula is C38H40O8. The van der Waals surface area contributed by atoms with E-state index >= 15 is 0 Å². The zero-order valence-electron chi connectivity index (χ0n) is 25.7. The number of hydrogen-bond donors (Lipinski definition) is 1. The van der Waals surface area contributed by atoms with E-state index in [1.54, 1.807) is 0 Å². The third-order valence-electron chi connectivity index (χ3n) is 7.66. The Hall–Kier alpha value is -4.15. The lowest BCUT2D eigenvalue weighted by Gasteiger charge is -2.51. The minimum absolute atomic E-state index is 0.108. The fourth-order valence-corrected chi connectivity index (χ4v) is 5.38. The van der Waals surface area contributed by atoms with Gasteiger partial charge in [-0.2, -0.15) is 0 Å². The van der Waals surface area contributed by atoms with E-state index in [2.05, 4.69) is 6.58 Å². The van der Waals surface area contributed by atoms with E-state index in [4.69, 9.17) is 28.4 Å². The Kier molecular flexibility index (Phi) is 12.2. The molecule has 46 heavy (non-hydrogen) atoms. The van der Waals surface area contributed by atoms with Crippen molar-refractivity contribution < 1.29 is 38.3 Å². The zero-order valence-corrected chi connectivity index (χ0v) is 25.7. The van der Waals surface area contributed by atoms with Crippen LogP contribution in [0.1, 0.15) is 22.3 Å². The van der Waals surface area contributed by atoms with Gasteiger partial charge in [-0.25, -0.2) is 4.79 Å². The van der Waals surface area contributed by atoms with Gasteiger partial charge in [0.1, 0.15) is 31.0 Å². The molecule has 1 heterocycles. The number of rotatable bonds is 17. The summed E-state index contributed by atoms with van der Waals surface area (Å²) in [5, 5.41) is 9.63. The van der Waals surface area contributed by atoms with Crippen LogP contribution in [-0.4, -0.2) is 54.5 Å². The highest BCUT2D eigenvalue weighted by Crippen LogP contribution is 2.39. The molecule has 8 heteroatoms. The van der Waals surface area contributed by atoms with Gasteiger partial charge in [-0.15, -0.1) is 0 Å². The molecule has 1 N–H and O–H groups in total. The van der Waals surface area contributed by atoms with Gasteiger partial charge in [0.25, 0.3) is 0 Å². The van der Waals surface area contributed by atoms with Gasteiger partial charge in [0, 0.05) is 0 Å². The number of hydrogen-bond acceptors (Lipinski definition) is 7. The van der Waals surface area contributed by atoms with Gasteiger partial charge >= 0.3 is 5.97 Å². The van der Waals surface area contributed by atoms with Crippen LogP contribution >= 0.6 is 0 Å². The Morgan fingerprint density at radius 2 is 1.11 bits per heavy atom. The van der Waals surface area contributed by atoms with Gasteiger partial charge in [-0.1, -0.05) is 128 Å². The van der Waals surface area contributed by atoms with Crippen LogP contribution in [0.5, 0.6) is 0 Å². The van der Waals surface area contributed by atoms with Crippen LogP contribution in [0.2, 0.25) is 0 Å². The molecule has 4 aromatic carbocycles. The lowest BCUT2D eigenvalue weighted by molar-refractivity contribution is -0.362. The second-order valence-electron chi connectivity index (χ2n) is 11.0. The monoisotopic (exact) mass is 624 g/mol. The Morgan fingerprint density at radius 3 is 1.57 bits per heavy atom. The van der Waals surface area contributed by atoms with Gasteiger partial charge in [-0.05, 0) is 28.3 Å². The summed E-state index contributed by atoms with van der Waals surface area (Å²) in [7, 11) is 0. The van der Waals surface area contributed by atoms with E-state index in [1.807, 2.05) is 121 Å². The second-order valence-corrected chi connectivity index (χ2v) is 11.0. The molecule has 0 bridgehead atoms. The van der Waals surface area contributed by atoms with E-state index in [0.717, 1.165) is 22.3 Å². The van der Waals surface area contributed by atoms with Crippen molar-refractivity contribution in [2.75, 3.05) is 13.2 Å². The first-order chi connectivity index (χ1) is 22.6. The number of benzene rings is 4. The van der Waals surface area contributed by atoms with Crippen LogP contribution in [0, 0.1) is 0 Å². The second kappa shape index (κ2) is 17.0. The minimum Gasteiger partial charge on any atom is -0.480 e. The summed E-state index contributed by atoms with van der Waals surface area (Å²) in [6.45, 7) is 4.52. The average molecular weight is 625 g/mol. The van der Waals surface area contributed by atoms with Crippen LogP contribution in [0.4, 0.5) is 0 Å². The molecule has 0 spiro atoms. The van der Waals surface area contributed by atoms with E-state index in [-0.39, 0.29) is 26.4 Å². The predicted molar refractivity (Wildman–Crippen MR) is 173 cm³/mol. The quantitative estimate of drug-likeness (QED) is 0.136. The minimum atomic E-state index is -1.69. The number of carboxylic acids is 1. The van der Waals surface area contributed by atoms with Gasteiger partial charge < -0.3 is 33.5 Å². The van der Waals surface area contributed by atoms with Gasteiger partial charge in [0.15, 0.2) is 0 Å². The molecular weight excluding hydrogens is 584 g/mol. The molecule has 0 unspecified atom stereocenters. The number of aliphatic carboxylic acids is 1. The highest BCUT2D eigenvalue weighted by atomic mass is 16.7. The summed E-state index contributed by atoms with van der Waals surface area (Å²) in [5.41, 5.74) is 3.83. The first-order valence-electron chi connectivity index (χ1n) is 15.3. The first-order valence-corrected chi connectivity index (χ1v) is 15.3. The van der Waals surface area contributed by atoms with Crippen molar-refractivity contribution in [1.29, 1.82) is 0 Å². The topological polar surface area (TPSA) is 92.7 Å². The van der Waals surface area contributed by atoms with E-state index in [9.17, 15) is 9.90 Å². The predicted octanol–water partition coefficient (Wildman–Crippen LogP) is 6.34. The highest BCUT2D eigenvalue weighted by Gasteiger charge is 2.57. The molecule has 0 saturated carbocycles. The molecule has 8 nitrogen and oxygen atoms in total. The van der Waals surface area contributed by atoms with Crippen molar-refractivity contribution in [3.8, 4) is 0 Å². The van der Waals surface area contributed by atoms with E-state index < -0.39 is 42.8 Å². The number of carboxylic acid groups (broad SMARTS) is 1. The van der Waals surface area contributed by atoms with Gasteiger partial charge in [0.05, 0.1) is 33.0 Å². The summed E-state index contributed by atoms with van der Waals surface area (Å²) < 4.78 is 38.7. The highest BCUT2D eigenvalue weighted by molar-refractivity contribution is 5.68. The molecule has 4 aromatic rings. The molecule has 5 atom stereocenters. The molecule has 5 rings (SSSR count). The van der Waals surface area contributed by atoms with Crippen molar-refractivity contribution in [3.63, 3.8) is 0 Å².